The van der Waals surface area contributed by atoms with Crippen molar-refractivity contribution in [2.45, 2.75) is 4.90 Å². The van der Waals surface area contributed by atoms with E-state index in [2.05, 4.69) is 15.3 Å². The molecule has 0 saturated carbocycles. The molecule has 0 fully saturated rings. The summed E-state index contributed by atoms with van der Waals surface area (Å²) >= 11 is 2.72. The van der Waals surface area contributed by atoms with Crippen LogP contribution in [0.25, 0.3) is 9.88 Å². The highest BCUT2D eigenvalue weighted by molar-refractivity contribution is 7.89. The van der Waals surface area contributed by atoms with Gasteiger partial charge >= 0.3 is 0 Å². The highest BCUT2D eigenvalue weighted by Gasteiger charge is 2.14. The Morgan fingerprint density at radius 3 is 2.35 bits per heavy atom. The number of benzene rings is 1. The molecule has 23 heavy (non-hydrogen) atoms. The highest BCUT2D eigenvalue weighted by Crippen LogP contribution is 2.37. The number of nitrogens with zero attached hydrogens (tertiary/aromatic N) is 2. The Labute approximate surface area is 140 Å². The molecule has 0 bridgehead atoms. The second kappa shape index (κ2) is 5.77. The van der Waals surface area contributed by atoms with E-state index in [0.717, 1.165) is 4.88 Å². The third-order valence-corrected chi connectivity index (χ3v) is 5.73. The number of sulfonamides is 1. The van der Waals surface area contributed by atoms with Crippen LogP contribution in [0.15, 0.2) is 34.5 Å². The monoisotopic (exact) mass is 368 g/mol. The van der Waals surface area contributed by atoms with Crippen LogP contribution in [0.5, 0.6) is 0 Å². The third kappa shape index (κ3) is 3.42. The second-order valence-corrected chi connectivity index (χ2v) is 7.92. The number of nitrogens with one attached hydrogen (secondary N) is 1. The summed E-state index contributed by atoms with van der Waals surface area (Å²) in [4.78, 5) is 9.18. The SMILES string of the molecule is Nc1csc(-c2sc(Nc3ccc(S(N)(=O)=O)cc3)nc2N)n1. The Hall–Kier alpha value is -2.21. The molecule has 0 aliphatic rings. The smallest absolute Gasteiger partial charge is 0.238 e. The lowest BCUT2D eigenvalue weighted by Gasteiger charge is -2.03. The number of hydrogen-bond donors (Lipinski definition) is 4. The van der Waals surface area contributed by atoms with Gasteiger partial charge in [0, 0.05) is 11.1 Å². The van der Waals surface area contributed by atoms with E-state index in [4.69, 9.17) is 16.6 Å². The number of nitrogen functional groups attached to an aromatic ring is 2. The molecule has 0 unspecified atom stereocenters. The van der Waals surface area contributed by atoms with E-state index in [-0.39, 0.29) is 4.90 Å². The fourth-order valence-corrected chi connectivity index (χ4v) is 4.01. The quantitative estimate of drug-likeness (QED) is 0.548. The molecule has 0 amide bonds. The van der Waals surface area contributed by atoms with Gasteiger partial charge in [-0.05, 0) is 24.3 Å². The van der Waals surface area contributed by atoms with Gasteiger partial charge < -0.3 is 16.8 Å². The van der Waals surface area contributed by atoms with E-state index in [1.165, 1.54) is 34.8 Å². The number of hydrogen-bond acceptors (Lipinski definition) is 9. The van der Waals surface area contributed by atoms with Gasteiger partial charge in [-0.3, -0.25) is 0 Å². The van der Waals surface area contributed by atoms with Crippen molar-refractivity contribution in [2.24, 2.45) is 5.14 Å². The molecule has 0 spiro atoms. The van der Waals surface area contributed by atoms with Crippen molar-refractivity contribution < 1.29 is 8.42 Å². The number of anilines is 4. The van der Waals surface area contributed by atoms with Gasteiger partial charge in [0.25, 0.3) is 0 Å². The van der Waals surface area contributed by atoms with Crippen LogP contribution in [-0.2, 0) is 10.0 Å². The number of rotatable bonds is 4. The van der Waals surface area contributed by atoms with Crippen LogP contribution in [0.4, 0.5) is 22.5 Å². The van der Waals surface area contributed by atoms with Gasteiger partial charge in [0.15, 0.2) is 5.13 Å². The number of aromatic nitrogens is 2. The molecular formula is C12H12N6O2S3. The molecule has 2 aromatic heterocycles. The lowest BCUT2D eigenvalue weighted by atomic mass is 10.3. The van der Waals surface area contributed by atoms with E-state index in [9.17, 15) is 8.42 Å². The third-order valence-electron chi connectivity index (χ3n) is 2.80. The van der Waals surface area contributed by atoms with E-state index in [0.29, 0.717) is 27.5 Å². The predicted octanol–water partition coefficient (Wildman–Crippen LogP) is 1.82. The van der Waals surface area contributed by atoms with Gasteiger partial charge in [-0.25, -0.2) is 23.5 Å². The predicted molar refractivity (Wildman–Crippen MR) is 93.1 cm³/mol. The van der Waals surface area contributed by atoms with Crippen LogP contribution < -0.4 is 21.9 Å². The van der Waals surface area contributed by atoms with Gasteiger partial charge in [-0.15, -0.1) is 11.3 Å². The van der Waals surface area contributed by atoms with Crippen LogP contribution in [0.3, 0.4) is 0 Å². The van der Waals surface area contributed by atoms with Gasteiger partial charge in [0.2, 0.25) is 10.0 Å². The molecule has 11 heteroatoms. The summed E-state index contributed by atoms with van der Waals surface area (Å²) in [6, 6.07) is 6.02. The molecule has 3 rings (SSSR count). The zero-order valence-corrected chi connectivity index (χ0v) is 14.0. The maximum absolute atomic E-state index is 11.2. The summed E-state index contributed by atoms with van der Waals surface area (Å²) in [7, 11) is -3.71. The van der Waals surface area contributed by atoms with Crippen molar-refractivity contribution in [3.63, 3.8) is 0 Å². The Morgan fingerprint density at radius 2 is 1.78 bits per heavy atom. The first-order chi connectivity index (χ1) is 10.8. The van der Waals surface area contributed by atoms with E-state index in [1.54, 1.807) is 17.5 Å². The van der Waals surface area contributed by atoms with Crippen LogP contribution in [0, 0.1) is 0 Å². The Bertz CT molecular complexity index is 946. The average Bonchev–Trinajstić information content (AvgIpc) is 3.04. The van der Waals surface area contributed by atoms with E-state index >= 15 is 0 Å². The standard InChI is InChI=1S/C12H12N6O2S3/c13-8-5-21-11(17-8)9-10(14)18-12(22-9)16-6-1-3-7(4-2-6)23(15,19)20/h1-5H,13-14H2,(H,16,18)(H2,15,19,20). The lowest BCUT2D eigenvalue weighted by Crippen LogP contribution is -2.11. The normalized spacial score (nSPS) is 11.5. The Balaban J connectivity index is 1.84. The minimum absolute atomic E-state index is 0.0423. The largest absolute Gasteiger partial charge is 0.383 e. The minimum Gasteiger partial charge on any atom is -0.383 e. The molecule has 0 aliphatic heterocycles. The van der Waals surface area contributed by atoms with Crippen LogP contribution in [0.2, 0.25) is 0 Å². The molecule has 0 saturated heterocycles. The molecule has 0 aliphatic carbocycles. The van der Waals surface area contributed by atoms with Crippen LogP contribution in [-0.4, -0.2) is 18.4 Å². The van der Waals surface area contributed by atoms with Gasteiger partial charge in [-0.2, -0.15) is 0 Å². The van der Waals surface area contributed by atoms with Crippen molar-refractivity contribution in [2.75, 3.05) is 16.8 Å². The molecule has 0 radical (unpaired) electrons. The van der Waals surface area contributed by atoms with E-state index in [1.807, 2.05) is 0 Å². The maximum Gasteiger partial charge on any atom is 0.238 e. The topological polar surface area (TPSA) is 150 Å². The molecule has 7 N–H and O–H groups in total. The molecule has 3 aromatic rings. The van der Waals surface area contributed by atoms with Gasteiger partial charge in [0.05, 0.1) is 4.90 Å². The van der Waals surface area contributed by atoms with Crippen molar-refractivity contribution in [1.29, 1.82) is 0 Å². The number of nitrogens with two attached hydrogens (primary N) is 3. The molecular weight excluding hydrogens is 356 g/mol. The lowest BCUT2D eigenvalue weighted by molar-refractivity contribution is 0.598. The first-order valence-corrected chi connectivity index (χ1v) is 9.45. The summed E-state index contributed by atoms with van der Waals surface area (Å²) < 4.78 is 22.4. The average molecular weight is 368 g/mol. The number of thiazole rings is 2. The van der Waals surface area contributed by atoms with Crippen molar-refractivity contribution in [1.82, 2.24) is 9.97 Å². The summed E-state index contributed by atoms with van der Waals surface area (Å²) in [6.07, 6.45) is 0. The van der Waals surface area contributed by atoms with Crippen molar-refractivity contribution in [3.05, 3.63) is 29.6 Å². The molecule has 1 aromatic carbocycles. The Morgan fingerprint density at radius 1 is 1.09 bits per heavy atom. The molecule has 2 heterocycles. The summed E-state index contributed by atoms with van der Waals surface area (Å²) in [5.41, 5.74) is 12.2. The minimum atomic E-state index is -3.71. The molecule has 120 valence electrons. The van der Waals surface area contributed by atoms with E-state index < -0.39 is 10.0 Å². The zero-order valence-electron chi connectivity index (χ0n) is 11.6. The van der Waals surface area contributed by atoms with Crippen LogP contribution >= 0.6 is 22.7 Å². The highest BCUT2D eigenvalue weighted by atomic mass is 32.2. The number of primary sulfonamides is 1. The fourth-order valence-electron chi connectivity index (χ4n) is 1.78. The second-order valence-electron chi connectivity index (χ2n) is 4.51. The summed E-state index contributed by atoms with van der Waals surface area (Å²) in [5.74, 6) is 0.791. The zero-order chi connectivity index (χ0) is 16.6. The van der Waals surface area contributed by atoms with Gasteiger partial charge in [-0.1, -0.05) is 11.3 Å². The van der Waals surface area contributed by atoms with Crippen molar-refractivity contribution >= 4 is 55.2 Å². The first-order valence-electron chi connectivity index (χ1n) is 6.20. The van der Waals surface area contributed by atoms with Gasteiger partial charge in [0.1, 0.15) is 21.5 Å². The van der Waals surface area contributed by atoms with Crippen LogP contribution in [0.1, 0.15) is 0 Å². The fraction of sp³-hybridized carbons (Fsp3) is 0. The van der Waals surface area contributed by atoms with Crippen molar-refractivity contribution in [3.8, 4) is 9.88 Å². The first kappa shape index (κ1) is 15.7. The molecule has 0 atom stereocenters. The Kier molecular flexibility index (Phi) is 3.93. The molecule has 8 nitrogen and oxygen atoms in total. The maximum atomic E-state index is 11.2. The summed E-state index contributed by atoms with van der Waals surface area (Å²) in [5, 5.41) is 11.1. The summed E-state index contributed by atoms with van der Waals surface area (Å²) in [6.45, 7) is 0.